The molecule has 0 amide bonds. The largest absolute Gasteiger partial charge is 0.330 e. The third-order valence-corrected chi connectivity index (χ3v) is 3.78. The van der Waals surface area contributed by atoms with Crippen LogP contribution in [0.4, 0.5) is 0 Å². The molecule has 0 radical (unpaired) electrons. The molecule has 2 atom stereocenters. The van der Waals surface area contributed by atoms with E-state index < -0.39 is 0 Å². The van der Waals surface area contributed by atoms with Crippen molar-refractivity contribution in [1.29, 1.82) is 0 Å². The summed E-state index contributed by atoms with van der Waals surface area (Å²) in [5.41, 5.74) is 6.81. The zero-order valence-electron chi connectivity index (χ0n) is 11.5. The summed E-state index contributed by atoms with van der Waals surface area (Å²) in [6.45, 7) is 5.17. The van der Waals surface area contributed by atoms with Gasteiger partial charge >= 0.3 is 0 Å². The van der Waals surface area contributed by atoms with E-state index in [1.807, 2.05) is 6.20 Å². The van der Waals surface area contributed by atoms with Gasteiger partial charge in [-0.2, -0.15) is 0 Å². The van der Waals surface area contributed by atoms with Crippen LogP contribution < -0.4 is 5.73 Å². The quantitative estimate of drug-likeness (QED) is 0.882. The number of nitrogens with zero attached hydrogens (tertiary/aromatic N) is 3. The van der Waals surface area contributed by atoms with Crippen LogP contribution in [0, 0.1) is 0 Å². The lowest BCUT2D eigenvalue weighted by Crippen LogP contribution is -2.31. The highest BCUT2D eigenvalue weighted by Gasteiger charge is 2.21. The lowest BCUT2D eigenvalue weighted by molar-refractivity contribution is 0.248. The zero-order chi connectivity index (χ0) is 13.0. The van der Waals surface area contributed by atoms with Gasteiger partial charge in [-0.05, 0) is 45.5 Å². The molecule has 4 heteroatoms. The number of rotatable bonds is 4. The lowest BCUT2D eigenvalue weighted by atomic mass is 9.94. The van der Waals surface area contributed by atoms with Crippen LogP contribution >= 0.6 is 0 Å². The van der Waals surface area contributed by atoms with Crippen molar-refractivity contribution in [1.82, 2.24) is 14.9 Å². The highest BCUT2D eigenvalue weighted by Crippen LogP contribution is 2.25. The first kappa shape index (κ1) is 13.4. The van der Waals surface area contributed by atoms with Crippen LogP contribution in [0.15, 0.2) is 12.3 Å². The predicted octanol–water partition coefficient (Wildman–Crippen LogP) is 1.74. The second kappa shape index (κ2) is 6.25. The first-order valence-corrected chi connectivity index (χ1v) is 6.92. The molecule has 1 saturated heterocycles. The molecule has 1 aromatic heterocycles. The lowest BCUT2D eigenvalue weighted by Gasteiger charge is -2.29. The summed E-state index contributed by atoms with van der Waals surface area (Å²) in [6, 6.07) is 2.07. The van der Waals surface area contributed by atoms with Gasteiger partial charge in [-0.15, -0.1) is 0 Å². The molecule has 2 heterocycles. The topological polar surface area (TPSA) is 55.0 Å². The first-order chi connectivity index (χ1) is 8.70. The number of piperidine rings is 1. The van der Waals surface area contributed by atoms with Crippen molar-refractivity contribution < 1.29 is 0 Å². The fraction of sp³-hybridized carbons (Fsp3) is 0.714. The van der Waals surface area contributed by atoms with Crippen molar-refractivity contribution in [2.45, 2.75) is 38.0 Å². The first-order valence-electron chi connectivity index (χ1n) is 6.92. The number of likely N-dealkylation sites (N-methyl/N-ethyl adjacent to an activating group) is 1. The van der Waals surface area contributed by atoms with E-state index in [2.05, 4.69) is 29.9 Å². The summed E-state index contributed by atoms with van der Waals surface area (Å²) in [5, 5.41) is 0. The molecular weight excluding hydrogens is 224 g/mol. The minimum atomic E-state index is 0.358. The van der Waals surface area contributed by atoms with Crippen LogP contribution in [0.5, 0.6) is 0 Å². The number of hydrogen-bond donors (Lipinski definition) is 1. The van der Waals surface area contributed by atoms with Crippen molar-refractivity contribution in [3.05, 3.63) is 23.8 Å². The molecule has 1 aliphatic heterocycles. The van der Waals surface area contributed by atoms with Crippen LogP contribution in [-0.2, 0) is 0 Å². The summed E-state index contributed by atoms with van der Waals surface area (Å²) in [5.74, 6) is 1.87. The van der Waals surface area contributed by atoms with Gasteiger partial charge in [-0.1, -0.05) is 6.92 Å². The Kier molecular flexibility index (Phi) is 4.66. The molecule has 2 unspecified atom stereocenters. The molecule has 0 aromatic carbocycles. The molecule has 100 valence electrons. The molecular formula is C14H24N4. The van der Waals surface area contributed by atoms with Gasteiger partial charge in [0.1, 0.15) is 5.82 Å². The van der Waals surface area contributed by atoms with Crippen molar-refractivity contribution >= 4 is 0 Å². The molecule has 0 spiro atoms. The third-order valence-electron chi connectivity index (χ3n) is 3.78. The van der Waals surface area contributed by atoms with Crippen molar-refractivity contribution in [3.8, 4) is 0 Å². The van der Waals surface area contributed by atoms with Crippen molar-refractivity contribution in [3.63, 3.8) is 0 Å². The smallest absolute Gasteiger partial charge is 0.131 e. The maximum absolute atomic E-state index is 5.60. The van der Waals surface area contributed by atoms with E-state index >= 15 is 0 Å². The Morgan fingerprint density at radius 3 is 3.11 bits per heavy atom. The average molecular weight is 248 g/mol. The summed E-state index contributed by atoms with van der Waals surface area (Å²) >= 11 is 0. The Labute approximate surface area is 110 Å². The Balaban J connectivity index is 2.11. The number of likely N-dealkylation sites (tertiary alicyclic amines) is 1. The molecule has 4 nitrogen and oxygen atoms in total. The molecule has 0 saturated carbocycles. The minimum absolute atomic E-state index is 0.358. The minimum Gasteiger partial charge on any atom is -0.330 e. The van der Waals surface area contributed by atoms with E-state index in [0.29, 0.717) is 18.4 Å². The third kappa shape index (κ3) is 3.27. The van der Waals surface area contributed by atoms with Crippen LogP contribution in [0.3, 0.4) is 0 Å². The van der Waals surface area contributed by atoms with Crippen LogP contribution in [0.1, 0.15) is 49.5 Å². The summed E-state index contributed by atoms with van der Waals surface area (Å²) in [7, 11) is 2.19. The van der Waals surface area contributed by atoms with E-state index in [1.165, 1.54) is 25.1 Å². The highest BCUT2D eigenvalue weighted by atomic mass is 15.1. The van der Waals surface area contributed by atoms with Gasteiger partial charge in [-0.3, -0.25) is 0 Å². The molecule has 18 heavy (non-hydrogen) atoms. The summed E-state index contributed by atoms with van der Waals surface area (Å²) in [4.78, 5) is 11.5. The molecule has 2 N–H and O–H groups in total. The fourth-order valence-corrected chi connectivity index (χ4v) is 2.64. The zero-order valence-corrected chi connectivity index (χ0v) is 11.5. The van der Waals surface area contributed by atoms with Crippen molar-refractivity contribution in [2.24, 2.45) is 5.73 Å². The van der Waals surface area contributed by atoms with E-state index in [-0.39, 0.29) is 0 Å². The van der Waals surface area contributed by atoms with Crippen molar-refractivity contribution in [2.75, 3.05) is 26.7 Å². The summed E-state index contributed by atoms with van der Waals surface area (Å²) in [6.07, 6.45) is 5.36. The maximum Gasteiger partial charge on any atom is 0.131 e. The van der Waals surface area contributed by atoms with Crippen LogP contribution in [0.25, 0.3) is 0 Å². The number of aromatic nitrogens is 2. The van der Waals surface area contributed by atoms with Gasteiger partial charge in [0.25, 0.3) is 0 Å². The Morgan fingerprint density at radius 1 is 1.56 bits per heavy atom. The fourth-order valence-electron chi connectivity index (χ4n) is 2.64. The molecule has 1 aliphatic rings. The normalized spacial score (nSPS) is 22.9. The average Bonchev–Trinajstić information content (AvgIpc) is 2.39. The molecule has 1 fully saturated rings. The van der Waals surface area contributed by atoms with Crippen LogP contribution in [0.2, 0.25) is 0 Å². The highest BCUT2D eigenvalue weighted by molar-refractivity contribution is 5.11. The van der Waals surface area contributed by atoms with Gasteiger partial charge in [0.2, 0.25) is 0 Å². The molecule has 2 rings (SSSR count). The second-order valence-corrected chi connectivity index (χ2v) is 5.42. The number of nitrogens with two attached hydrogens (primary N) is 1. The molecule has 0 aliphatic carbocycles. The van der Waals surface area contributed by atoms with Gasteiger partial charge < -0.3 is 10.6 Å². The number of hydrogen-bond acceptors (Lipinski definition) is 4. The van der Waals surface area contributed by atoms with Gasteiger partial charge in [-0.25, -0.2) is 9.97 Å². The van der Waals surface area contributed by atoms with E-state index in [0.717, 1.165) is 18.8 Å². The van der Waals surface area contributed by atoms with Gasteiger partial charge in [0.05, 0.1) is 0 Å². The van der Waals surface area contributed by atoms with E-state index in [9.17, 15) is 0 Å². The summed E-state index contributed by atoms with van der Waals surface area (Å²) < 4.78 is 0. The predicted molar refractivity (Wildman–Crippen MR) is 73.6 cm³/mol. The van der Waals surface area contributed by atoms with E-state index in [4.69, 9.17) is 10.7 Å². The van der Waals surface area contributed by atoms with Gasteiger partial charge in [0, 0.05) is 30.3 Å². The molecule has 1 aromatic rings. The Morgan fingerprint density at radius 2 is 2.39 bits per heavy atom. The van der Waals surface area contributed by atoms with E-state index in [1.54, 1.807) is 0 Å². The van der Waals surface area contributed by atoms with Gasteiger partial charge in [0.15, 0.2) is 0 Å². The SMILES string of the molecule is CC(CCN)c1nccc(C2CCCN(C)C2)n1. The standard InChI is InChI=1S/C14H24N4/c1-11(5-7-15)14-16-8-6-13(17-14)12-4-3-9-18(2)10-12/h6,8,11-12H,3-5,7,9-10,15H2,1-2H3. The second-order valence-electron chi connectivity index (χ2n) is 5.42. The Hall–Kier alpha value is -1.00. The van der Waals surface area contributed by atoms with Crippen LogP contribution in [-0.4, -0.2) is 41.5 Å². The molecule has 0 bridgehead atoms. The Bertz CT molecular complexity index is 380. The monoisotopic (exact) mass is 248 g/mol. The maximum atomic E-state index is 5.60.